The zero-order valence-corrected chi connectivity index (χ0v) is 11.4. The fourth-order valence-corrected chi connectivity index (χ4v) is 2.65. The van der Waals surface area contributed by atoms with Gasteiger partial charge in [-0.05, 0) is 39.8 Å². The number of hydrogen-bond acceptors (Lipinski definition) is 4. The van der Waals surface area contributed by atoms with Crippen LogP contribution in [0.1, 0.15) is 34.2 Å². The maximum absolute atomic E-state index is 4.39. The highest BCUT2D eigenvalue weighted by atomic mass is 32.1. The van der Waals surface area contributed by atoms with Crippen molar-refractivity contribution in [2.24, 2.45) is 0 Å². The van der Waals surface area contributed by atoms with E-state index in [1.165, 1.54) is 9.75 Å². The Morgan fingerprint density at radius 1 is 1.18 bits per heavy atom. The van der Waals surface area contributed by atoms with E-state index in [0.717, 1.165) is 17.3 Å². The lowest BCUT2D eigenvalue weighted by atomic mass is 10.2. The molecule has 0 saturated carbocycles. The Hall–Kier alpha value is -1.42. The molecule has 1 N–H and O–H groups in total. The summed E-state index contributed by atoms with van der Waals surface area (Å²) in [7, 11) is 0. The minimum Gasteiger partial charge on any atom is -0.363 e. The average molecular weight is 247 g/mol. The van der Waals surface area contributed by atoms with Crippen molar-refractivity contribution in [1.82, 2.24) is 9.97 Å². The molecule has 0 spiro atoms. The molecule has 0 aliphatic carbocycles. The van der Waals surface area contributed by atoms with E-state index in [2.05, 4.69) is 41.3 Å². The van der Waals surface area contributed by atoms with Gasteiger partial charge in [0.15, 0.2) is 0 Å². The van der Waals surface area contributed by atoms with Crippen molar-refractivity contribution in [1.29, 1.82) is 0 Å². The third-order valence-electron chi connectivity index (χ3n) is 2.52. The number of nitrogens with zero attached hydrogens (tertiary/aromatic N) is 2. The number of nitrogens with one attached hydrogen (secondary N) is 1. The molecule has 2 aromatic heterocycles. The van der Waals surface area contributed by atoms with Crippen molar-refractivity contribution in [3.05, 3.63) is 39.5 Å². The molecule has 17 heavy (non-hydrogen) atoms. The van der Waals surface area contributed by atoms with Crippen LogP contribution in [-0.2, 0) is 0 Å². The predicted molar refractivity (Wildman–Crippen MR) is 72.6 cm³/mol. The van der Waals surface area contributed by atoms with E-state index in [-0.39, 0.29) is 6.04 Å². The monoisotopic (exact) mass is 247 g/mol. The van der Waals surface area contributed by atoms with Crippen LogP contribution in [0.5, 0.6) is 0 Å². The van der Waals surface area contributed by atoms with E-state index < -0.39 is 0 Å². The van der Waals surface area contributed by atoms with Crippen molar-refractivity contribution in [3.63, 3.8) is 0 Å². The first-order valence-corrected chi connectivity index (χ1v) is 6.51. The quantitative estimate of drug-likeness (QED) is 0.900. The first kappa shape index (κ1) is 12.0. The van der Waals surface area contributed by atoms with Gasteiger partial charge in [0, 0.05) is 21.5 Å². The van der Waals surface area contributed by atoms with Crippen molar-refractivity contribution in [2.45, 2.75) is 33.7 Å². The van der Waals surface area contributed by atoms with Crippen molar-refractivity contribution < 1.29 is 0 Å². The highest BCUT2D eigenvalue weighted by Crippen LogP contribution is 2.25. The number of rotatable bonds is 3. The second-order valence-corrected chi connectivity index (χ2v) is 5.58. The molecule has 4 heteroatoms. The lowest BCUT2D eigenvalue weighted by Gasteiger charge is -2.13. The first-order chi connectivity index (χ1) is 8.04. The summed E-state index contributed by atoms with van der Waals surface area (Å²) in [6.07, 6.45) is 0. The molecule has 0 radical (unpaired) electrons. The summed E-state index contributed by atoms with van der Waals surface area (Å²) in [5.41, 5.74) is 0.995. The summed E-state index contributed by atoms with van der Waals surface area (Å²) in [6.45, 7) is 8.18. The lowest BCUT2D eigenvalue weighted by Crippen LogP contribution is -2.07. The molecule has 2 aromatic rings. The normalized spacial score (nSPS) is 12.5. The van der Waals surface area contributed by atoms with Crippen molar-refractivity contribution in [2.75, 3.05) is 5.32 Å². The highest BCUT2D eigenvalue weighted by Gasteiger charge is 2.08. The zero-order valence-electron chi connectivity index (χ0n) is 10.6. The van der Waals surface area contributed by atoms with Crippen LogP contribution in [0.4, 0.5) is 5.82 Å². The van der Waals surface area contributed by atoms with Gasteiger partial charge in [-0.1, -0.05) is 0 Å². The van der Waals surface area contributed by atoms with E-state index >= 15 is 0 Å². The summed E-state index contributed by atoms with van der Waals surface area (Å²) in [5, 5.41) is 3.41. The van der Waals surface area contributed by atoms with E-state index in [1.54, 1.807) is 0 Å². The standard InChI is InChI=1S/C13H17N3S/c1-8-7-13(16-11(4)14-8)15-10(3)12-6-5-9(2)17-12/h5-7,10H,1-4H3,(H,14,15,16). The summed E-state index contributed by atoms with van der Waals surface area (Å²) in [6, 6.07) is 6.57. The van der Waals surface area contributed by atoms with Crippen LogP contribution in [0.15, 0.2) is 18.2 Å². The van der Waals surface area contributed by atoms with Crippen LogP contribution < -0.4 is 5.32 Å². The molecular weight excluding hydrogens is 230 g/mol. The van der Waals surface area contributed by atoms with Gasteiger partial charge >= 0.3 is 0 Å². The third kappa shape index (κ3) is 3.03. The average Bonchev–Trinajstić information content (AvgIpc) is 2.63. The fourth-order valence-electron chi connectivity index (χ4n) is 1.77. The summed E-state index contributed by atoms with van der Waals surface area (Å²) >= 11 is 1.82. The first-order valence-electron chi connectivity index (χ1n) is 5.70. The molecule has 0 saturated heterocycles. The van der Waals surface area contributed by atoms with Crippen LogP contribution in [-0.4, -0.2) is 9.97 Å². The lowest BCUT2D eigenvalue weighted by molar-refractivity contribution is 0.882. The van der Waals surface area contributed by atoms with Gasteiger partial charge in [0.2, 0.25) is 0 Å². The van der Waals surface area contributed by atoms with Gasteiger partial charge in [-0.3, -0.25) is 0 Å². The Morgan fingerprint density at radius 2 is 1.94 bits per heavy atom. The van der Waals surface area contributed by atoms with E-state index in [0.29, 0.717) is 0 Å². The second-order valence-electron chi connectivity index (χ2n) is 4.26. The molecule has 0 bridgehead atoms. The minimum absolute atomic E-state index is 0.280. The SMILES string of the molecule is Cc1cc(NC(C)c2ccc(C)s2)nc(C)n1. The topological polar surface area (TPSA) is 37.8 Å². The van der Waals surface area contributed by atoms with Gasteiger partial charge in [-0.25, -0.2) is 9.97 Å². The molecule has 1 atom stereocenters. The number of hydrogen-bond donors (Lipinski definition) is 1. The smallest absolute Gasteiger partial charge is 0.130 e. The zero-order chi connectivity index (χ0) is 12.4. The second kappa shape index (κ2) is 4.84. The van der Waals surface area contributed by atoms with Crippen LogP contribution in [0.25, 0.3) is 0 Å². The van der Waals surface area contributed by atoms with Gasteiger partial charge in [0.25, 0.3) is 0 Å². The molecule has 1 unspecified atom stereocenters. The summed E-state index contributed by atoms with van der Waals surface area (Å²) in [4.78, 5) is 11.3. The third-order valence-corrected chi connectivity index (χ3v) is 3.70. The fraction of sp³-hybridized carbons (Fsp3) is 0.385. The van der Waals surface area contributed by atoms with E-state index in [9.17, 15) is 0 Å². The Morgan fingerprint density at radius 3 is 2.53 bits per heavy atom. The predicted octanol–water partition coefficient (Wildman–Crippen LogP) is 3.64. The molecule has 2 heterocycles. The molecule has 90 valence electrons. The van der Waals surface area contributed by atoms with E-state index in [1.807, 2.05) is 31.3 Å². The van der Waals surface area contributed by atoms with E-state index in [4.69, 9.17) is 0 Å². The van der Waals surface area contributed by atoms with Gasteiger partial charge in [0.05, 0.1) is 6.04 Å². The van der Waals surface area contributed by atoms with Crippen LogP contribution in [0, 0.1) is 20.8 Å². The van der Waals surface area contributed by atoms with Gasteiger partial charge in [-0.2, -0.15) is 0 Å². The Bertz CT molecular complexity index is 499. The molecule has 3 nitrogen and oxygen atoms in total. The van der Waals surface area contributed by atoms with Crippen LogP contribution >= 0.6 is 11.3 Å². The largest absolute Gasteiger partial charge is 0.363 e. The van der Waals surface area contributed by atoms with Crippen LogP contribution in [0.2, 0.25) is 0 Å². The van der Waals surface area contributed by atoms with Gasteiger partial charge < -0.3 is 5.32 Å². The van der Waals surface area contributed by atoms with Crippen molar-refractivity contribution >= 4 is 17.2 Å². The Kier molecular flexibility index (Phi) is 3.43. The number of aromatic nitrogens is 2. The number of aryl methyl sites for hydroxylation is 3. The molecule has 0 aromatic carbocycles. The summed E-state index contributed by atoms with van der Waals surface area (Å²) in [5.74, 6) is 1.70. The van der Waals surface area contributed by atoms with Crippen molar-refractivity contribution in [3.8, 4) is 0 Å². The molecular formula is C13H17N3S. The Balaban J connectivity index is 2.15. The molecule has 0 amide bonds. The highest BCUT2D eigenvalue weighted by molar-refractivity contribution is 7.12. The minimum atomic E-state index is 0.280. The maximum atomic E-state index is 4.39. The Labute approximate surface area is 106 Å². The molecule has 0 aliphatic rings. The summed E-state index contributed by atoms with van der Waals surface area (Å²) < 4.78 is 0. The molecule has 2 rings (SSSR count). The molecule has 0 fully saturated rings. The van der Waals surface area contributed by atoms with Gasteiger partial charge in [0.1, 0.15) is 11.6 Å². The molecule has 0 aliphatic heterocycles. The number of anilines is 1. The van der Waals surface area contributed by atoms with Gasteiger partial charge in [-0.15, -0.1) is 11.3 Å². The maximum Gasteiger partial charge on any atom is 0.130 e. The van der Waals surface area contributed by atoms with Crippen LogP contribution in [0.3, 0.4) is 0 Å². The number of thiophene rings is 1.